The van der Waals surface area contributed by atoms with Crippen LogP contribution in [0.1, 0.15) is 5.56 Å². The van der Waals surface area contributed by atoms with Crippen molar-refractivity contribution >= 4 is 22.9 Å². The quantitative estimate of drug-likeness (QED) is 0.746. The maximum Gasteiger partial charge on any atom is 0.369 e. The van der Waals surface area contributed by atoms with Crippen molar-refractivity contribution in [1.29, 1.82) is 0 Å². The topological polar surface area (TPSA) is 52.7 Å². The maximum atomic E-state index is 13.0. The smallest absolute Gasteiger partial charge is 0.244 e. The summed E-state index contributed by atoms with van der Waals surface area (Å²) in [5, 5.41) is 10.4. The van der Waals surface area contributed by atoms with Crippen molar-refractivity contribution in [3.63, 3.8) is 0 Å². The van der Waals surface area contributed by atoms with E-state index in [1.165, 1.54) is 38.9 Å². The molecule has 0 atom stereocenters. The van der Waals surface area contributed by atoms with E-state index >= 15 is 0 Å². The molecule has 2 heterocycles. The fourth-order valence-corrected chi connectivity index (χ4v) is 2.61. The van der Waals surface area contributed by atoms with Crippen molar-refractivity contribution in [2.75, 3.05) is 0 Å². The number of hydrogen-bond donors (Lipinski definition) is 0. The van der Waals surface area contributed by atoms with Crippen LogP contribution < -0.4 is 5.69 Å². The van der Waals surface area contributed by atoms with Gasteiger partial charge >= 0.3 is 5.69 Å². The van der Waals surface area contributed by atoms with Crippen molar-refractivity contribution in [2.45, 2.75) is 6.54 Å². The van der Waals surface area contributed by atoms with Gasteiger partial charge in [0, 0.05) is 5.02 Å². The minimum atomic E-state index is -0.423. The van der Waals surface area contributed by atoms with Gasteiger partial charge in [-0.2, -0.15) is 9.36 Å². The molecule has 0 unspecified atom stereocenters. The molecule has 0 spiro atoms. The molecule has 0 aliphatic carbocycles. The van der Waals surface area contributed by atoms with E-state index in [0.717, 1.165) is 0 Å². The number of tetrazole rings is 1. The van der Waals surface area contributed by atoms with Gasteiger partial charge in [-0.05, 0) is 45.6 Å². The Bertz CT molecular complexity index is 796. The van der Waals surface area contributed by atoms with Gasteiger partial charge in [0.1, 0.15) is 10.8 Å². The van der Waals surface area contributed by atoms with E-state index < -0.39 is 5.82 Å². The molecule has 3 rings (SSSR count). The lowest BCUT2D eigenvalue weighted by molar-refractivity contribution is 0.617. The van der Waals surface area contributed by atoms with Crippen LogP contribution in [-0.2, 0) is 6.54 Å². The predicted octanol–water partition coefficient (Wildman–Crippen LogP) is 2.33. The molecule has 0 saturated carbocycles. The molecule has 0 aliphatic rings. The molecule has 0 radical (unpaired) electrons. The third kappa shape index (κ3) is 2.37. The van der Waals surface area contributed by atoms with Gasteiger partial charge in [-0.1, -0.05) is 17.7 Å². The van der Waals surface area contributed by atoms with E-state index in [9.17, 15) is 9.18 Å². The Hall–Kier alpha value is -1.99. The molecular weight excluding hydrogens is 303 g/mol. The highest BCUT2D eigenvalue weighted by Crippen LogP contribution is 2.17. The average Bonchev–Trinajstić information content (AvgIpc) is 3.03. The molecule has 3 aromatic rings. The van der Waals surface area contributed by atoms with Crippen molar-refractivity contribution < 1.29 is 4.39 Å². The van der Waals surface area contributed by atoms with Gasteiger partial charge in [0.25, 0.3) is 0 Å². The van der Waals surface area contributed by atoms with Crippen molar-refractivity contribution in [3.05, 3.63) is 62.6 Å². The second-order valence-corrected chi connectivity index (χ2v) is 5.35. The number of nitrogens with zero attached hydrogens (tertiary/aromatic N) is 4. The van der Waals surface area contributed by atoms with Crippen LogP contribution in [0.25, 0.3) is 5.00 Å². The molecule has 2 aromatic heterocycles. The summed E-state index contributed by atoms with van der Waals surface area (Å²) in [6, 6.07) is 7.61. The minimum Gasteiger partial charge on any atom is -0.244 e. The van der Waals surface area contributed by atoms with E-state index in [2.05, 4.69) is 10.4 Å². The first-order valence-corrected chi connectivity index (χ1v) is 6.91. The second-order valence-electron chi connectivity index (χ2n) is 4.02. The Kier molecular flexibility index (Phi) is 3.37. The Labute approximate surface area is 121 Å². The predicted molar refractivity (Wildman–Crippen MR) is 74.0 cm³/mol. The van der Waals surface area contributed by atoms with Gasteiger partial charge < -0.3 is 0 Å². The van der Waals surface area contributed by atoms with Crippen LogP contribution in [0.2, 0.25) is 5.02 Å². The molecular formula is C12H8ClFN4OS. The summed E-state index contributed by atoms with van der Waals surface area (Å²) in [6.07, 6.45) is 0. The molecule has 5 nitrogen and oxygen atoms in total. The first-order valence-electron chi connectivity index (χ1n) is 5.66. The molecule has 0 fully saturated rings. The maximum absolute atomic E-state index is 13.0. The molecule has 0 bridgehead atoms. The number of benzene rings is 1. The summed E-state index contributed by atoms with van der Waals surface area (Å²) < 4.78 is 15.4. The number of rotatable bonds is 3. The van der Waals surface area contributed by atoms with Crippen molar-refractivity contribution in [2.24, 2.45) is 0 Å². The van der Waals surface area contributed by atoms with Gasteiger partial charge in [0.05, 0.1) is 6.54 Å². The van der Waals surface area contributed by atoms with Crippen LogP contribution in [0, 0.1) is 5.82 Å². The molecule has 0 amide bonds. The summed E-state index contributed by atoms with van der Waals surface area (Å²) in [5.74, 6) is -0.423. The lowest BCUT2D eigenvalue weighted by Crippen LogP contribution is -2.24. The standard InChI is InChI=1S/C12H8ClFN4OS/c13-10-6-9(14)4-3-8(10)7-17-12(19)18(16-15-17)11-2-1-5-20-11/h1-6H,7H2. The lowest BCUT2D eigenvalue weighted by atomic mass is 10.2. The molecule has 0 aliphatic heterocycles. The van der Waals surface area contributed by atoms with Crippen molar-refractivity contribution in [3.8, 4) is 5.00 Å². The fourth-order valence-electron chi connectivity index (χ4n) is 1.71. The molecule has 0 N–H and O–H groups in total. The second kappa shape index (κ2) is 5.18. The van der Waals surface area contributed by atoms with Crippen LogP contribution in [0.15, 0.2) is 40.5 Å². The number of thiophene rings is 1. The number of aromatic nitrogens is 4. The third-order valence-corrected chi connectivity index (χ3v) is 3.89. The van der Waals surface area contributed by atoms with Crippen molar-refractivity contribution in [1.82, 2.24) is 19.8 Å². The Balaban J connectivity index is 1.94. The van der Waals surface area contributed by atoms with Gasteiger partial charge in [-0.15, -0.1) is 11.3 Å². The molecule has 1 aromatic carbocycles. The Morgan fingerprint density at radius 3 is 2.85 bits per heavy atom. The number of hydrogen-bond acceptors (Lipinski definition) is 4. The van der Waals surface area contributed by atoms with E-state index in [-0.39, 0.29) is 17.3 Å². The highest BCUT2D eigenvalue weighted by molar-refractivity contribution is 7.12. The van der Waals surface area contributed by atoms with E-state index in [4.69, 9.17) is 11.6 Å². The van der Waals surface area contributed by atoms with Gasteiger partial charge in [0.2, 0.25) is 0 Å². The monoisotopic (exact) mass is 310 g/mol. The van der Waals surface area contributed by atoms with Crippen LogP contribution in [0.5, 0.6) is 0 Å². The first-order chi connectivity index (χ1) is 9.65. The molecule has 8 heteroatoms. The summed E-state index contributed by atoms with van der Waals surface area (Å²) >= 11 is 7.32. The minimum absolute atomic E-state index is 0.142. The third-order valence-electron chi connectivity index (χ3n) is 2.69. The van der Waals surface area contributed by atoms with Gasteiger partial charge in [0.15, 0.2) is 0 Å². The SMILES string of the molecule is O=c1n(Cc2ccc(F)cc2Cl)nnn1-c1cccs1. The zero-order chi connectivity index (χ0) is 14.1. The normalized spacial score (nSPS) is 10.9. The van der Waals surface area contributed by atoms with Gasteiger partial charge in [-0.3, -0.25) is 0 Å². The Morgan fingerprint density at radius 1 is 1.30 bits per heavy atom. The first kappa shape index (κ1) is 13.0. The fraction of sp³-hybridized carbons (Fsp3) is 0.0833. The van der Waals surface area contributed by atoms with Crippen LogP contribution >= 0.6 is 22.9 Å². The molecule has 102 valence electrons. The van der Waals surface area contributed by atoms with Gasteiger partial charge in [-0.25, -0.2) is 9.18 Å². The highest BCUT2D eigenvalue weighted by Gasteiger charge is 2.11. The van der Waals surface area contributed by atoms with Crippen LogP contribution in [-0.4, -0.2) is 19.8 Å². The van der Waals surface area contributed by atoms with E-state index in [0.29, 0.717) is 10.6 Å². The van der Waals surface area contributed by atoms with Crippen LogP contribution in [0.3, 0.4) is 0 Å². The van der Waals surface area contributed by atoms with Crippen LogP contribution in [0.4, 0.5) is 4.39 Å². The zero-order valence-corrected chi connectivity index (χ0v) is 11.6. The Morgan fingerprint density at radius 2 is 2.15 bits per heavy atom. The average molecular weight is 311 g/mol. The lowest BCUT2D eigenvalue weighted by Gasteiger charge is -2.02. The van der Waals surface area contributed by atoms with E-state index in [1.807, 2.05) is 11.4 Å². The molecule has 20 heavy (non-hydrogen) atoms. The zero-order valence-electron chi connectivity index (χ0n) is 10.0. The number of halogens is 2. The highest BCUT2D eigenvalue weighted by atomic mass is 35.5. The summed E-state index contributed by atoms with van der Waals surface area (Å²) in [7, 11) is 0. The summed E-state index contributed by atoms with van der Waals surface area (Å²) in [5.41, 5.74) is 0.237. The summed E-state index contributed by atoms with van der Waals surface area (Å²) in [4.78, 5) is 12.1. The summed E-state index contributed by atoms with van der Waals surface area (Å²) in [6.45, 7) is 0.142. The van der Waals surface area contributed by atoms with E-state index in [1.54, 1.807) is 6.07 Å². The molecule has 0 saturated heterocycles. The largest absolute Gasteiger partial charge is 0.369 e.